The lowest BCUT2D eigenvalue weighted by Crippen LogP contribution is -2.71. The summed E-state index contributed by atoms with van der Waals surface area (Å²) in [7, 11) is 0. The molecule has 4 nitrogen and oxygen atoms in total. The molecule has 37 heavy (non-hydrogen) atoms. The predicted octanol–water partition coefficient (Wildman–Crippen LogP) is 7.88. The van der Waals surface area contributed by atoms with E-state index < -0.39 is 0 Å². The van der Waals surface area contributed by atoms with Gasteiger partial charge in [-0.25, -0.2) is 0 Å². The molecule has 9 atom stereocenters. The number of carbonyl (C=O) groups excluding carboxylic acids is 2. The number of hydrogen-bond acceptors (Lipinski definition) is 4. The van der Waals surface area contributed by atoms with Crippen LogP contribution in [0.25, 0.3) is 0 Å². The topological polar surface area (TPSA) is 69.4 Å². The van der Waals surface area contributed by atoms with Crippen molar-refractivity contribution in [3.05, 3.63) is 12.7 Å². The number of allylic oxidation sites excluding steroid dienone is 1. The van der Waals surface area contributed by atoms with Gasteiger partial charge in [-0.1, -0.05) is 47.6 Å². The monoisotopic (exact) mass is 515 g/mol. The van der Waals surface area contributed by atoms with E-state index in [0.29, 0.717) is 29.5 Å². The second kappa shape index (κ2) is 10.1. The molecule has 0 spiro atoms. The molecule has 212 valence electrons. The molecule has 5 aliphatic carbocycles. The summed E-state index contributed by atoms with van der Waals surface area (Å²) in [6, 6.07) is 0. The van der Waals surface area contributed by atoms with Gasteiger partial charge in [-0.05, 0) is 113 Å². The molecule has 5 fully saturated rings. The highest BCUT2D eigenvalue weighted by atomic mass is 16.5. The number of carbonyl (C=O) groups is 2. The van der Waals surface area contributed by atoms with Gasteiger partial charge in [0.2, 0.25) is 0 Å². The van der Waals surface area contributed by atoms with Gasteiger partial charge in [-0.2, -0.15) is 0 Å². The Labute approximate surface area is 227 Å². The van der Waals surface area contributed by atoms with Crippen molar-refractivity contribution in [1.82, 2.24) is 0 Å². The van der Waals surface area contributed by atoms with Crippen LogP contribution in [0.1, 0.15) is 127 Å². The highest BCUT2D eigenvalue weighted by Crippen LogP contribution is 2.73. The van der Waals surface area contributed by atoms with Crippen molar-refractivity contribution in [3.63, 3.8) is 0 Å². The van der Waals surface area contributed by atoms with Crippen LogP contribution >= 0.6 is 0 Å². The zero-order chi connectivity index (χ0) is 26.7. The highest BCUT2D eigenvalue weighted by molar-refractivity contribution is 5.83. The van der Waals surface area contributed by atoms with Crippen LogP contribution in [0.2, 0.25) is 0 Å². The van der Waals surface area contributed by atoms with Crippen LogP contribution in [-0.2, 0) is 14.3 Å². The van der Waals surface area contributed by atoms with Gasteiger partial charge in [0, 0.05) is 23.3 Å². The molecule has 0 aromatic rings. The molecule has 4 heteroatoms. The first kappa shape index (κ1) is 30.4. The zero-order valence-electron chi connectivity index (χ0n) is 24.3. The Hall–Kier alpha value is -1.16. The predicted molar refractivity (Wildman–Crippen MR) is 153 cm³/mol. The smallest absolute Gasteiger partial charge is 0.302 e. The van der Waals surface area contributed by atoms with E-state index in [1.54, 1.807) is 13.0 Å². The van der Waals surface area contributed by atoms with Gasteiger partial charge in [0.05, 0.1) is 0 Å². The Kier molecular flexibility index (Phi) is 8.30. The van der Waals surface area contributed by atoms with E-state index in [1.165, 1.54) is 25.7 Å². The first-order valence-electron chi connectivity index (χ1n) is 14.8. The van der Waals surface area contributed by atoms with E-state index in [1.807, 2.05) is 13.8 Å². The lowest BCUT2D eigenvalue weighted by Gasteiger charge is -2.71. The van der Waals surface area contributed by atoms with E-state index in [0.717, 1.165) is 44.9 Å². The molecule has 5 saturated carbocycles. The minimum absolute atomic E-state index is 0. The minimum atomic E-state index is -0.181. The number of hydrogen-bond donors (Lipinski definition) is 1. The molecule has 0 radical (unpaired) electrons. The molecule has 0 amide bonds. The van der Waals surface area contributed by atoms with E-state index in [-0.39, 0.29) is 46.7 Å². The number of rotatable bonds is 2. The molecule has 0 aromatic carbocycles. The van der Waals surface area contributed by atoms with Crippen molar-refractivity contribution >= 4 is 11.8 Å². The van der Waals surface area contributed by atoms with E-state index in [9.17, 15) is 9.59 Å². The van der Waals surface area contributed by atoms with E-state index >= 15 is 0 Å². The Bertz CT molecular complexity index is 896. The number of nitrogens with two attached hydrogens (primary N) is 1. The van der Waals surface area contributed by atoms with Gasteiger partial charge in [0.25, 0.3) is 0 Å². The summed E-state index contributed by atoms with van der Waals surface area (Å²) in [6.07, 6.45) is 14.1. The second-order valence-corrected chi connectivity index (χ2v) is 14.4. The number of ketones is 1. The lowest BCUT2D eigenvalue weighted by atomic mass is 9.35. The standard InChI is InChI=1S/C29H47NO3.C3H6.CH4/c1-18(31)28-13-7-8-23(28)29(30)17-11-21-26(5)15-12-24(33-19(2)32)25(3,4)20(26)9-14-27(21,6)22(29)10-16-28;1-3-2;/h20-24H,7-17,30H2,1-6H3;3H,1H2,2H3;1H4. The summed E-state index contributed by atoms with van der Waals surface area (Å²) in [6.45, 7) is 18.5. The average molecular weight is 516 g/mol. The molecule has 0 aromatic heterocycles. The fourth-order valence-electron chi connectivity index (χ4n) is 11.4. The fourth-order valence-corrected chi connectivity index (χ4v) is 11.4. The second-order valence-electron chi connectivity index (χ2n) is 14.4. The number of Topliss-reactive ketones (excluding diaryl/α,β-unsaturated/α-hetero) is 1. The number of ether oxygens (including phenoxy) is 1. The maximum Gasteiger partial charge on any atom is 0.302 e. The minimum Gasteiger partial charge on any atom is -0.462 e. The van der Waals surface area contributed by atoms with Crippen molar-refractivity contribution in [2.75, 3.05) is 0 Å². The average Bonchev–Trinajstić information content (AvgIpc) is 3.23. The van der Waals surface area contributed by atoms with Crippen molar-refractivity contribution in [3.8, 4) is 0 Å². The molecule has 2 N–H and O–H groups in total. The Morgan fingerprint density at radius 2 is 1.35 bits per heavy atom. The van der Waals surface area contributed by atoms with Gasteiger partial charge in [0.1, 0.15) is 11.9 Å². The largest absolute Gasteiger partial charge is 0.462 e. The third-order valence-corrected chi connectivity index (χ3v) is 12.7. The summed E-state index contributed by atoms with van der Waals surface area (Å²) < 4.78 is 5.85. The zero-order valence-corrected chi connectivity index (χ0v) is 24.3. The van der Waals surface area contributed by atoms with Crippen LogP contribution in [0.5, 0.6) is 0 Å². The van der Waals surface area contributed by atoms with Crippen LogP contribution in [0.15, 0.2) is 12.7 Å². The lowest BCUT2D eigenvalue weighted by molar-refractivity contribution is -0.224. The molecule has 9 unspecified atom stereocenters. The molecule has 0 heterocycles. The van der Waals surface area contributed by atoms with Gasteiger partial charge >= 0.3 is 5.97 Å². The quantitative estimate of drug-likeness (QED) is 0.300. The van der Waals surface area contributed by atoms with Crippen molar-refractivity contribution in [1.29, 1.82) is 0 Å². The maximum absolute atomic E-state index is 12.9. The van der Waals surface area contributed by atoms with Crippen molar-refractivity contribution in [2.24, 2.45) is 51.1 Å². The van der Waals surface area contributed by atoms with Crippen molar-refractivity contribution < 1.29 is 14.3 Å². The summed E-state index contributed by atoms with van der Waals surface area (Å²) in [5.74, 6) is 2.39. The molecule has 0 saturated heterocycles. The highest BCUT2D eigenvalue weighted by Gasteiger charge is 2.70. The Morgan fingerprint density at radius 1 is 0.811 bits per heavy atom. The summed E-state index contributed by atoms with van der Waals surface area (Å²) >= 11 is 0. The van der Waals surface area contributed by atoms with Crippen molar-refractivity contribution in [2.45, 2.75) is 138 Å². The van der Waals surface area contributed by atoms with Crippen LogP contribution in [0.3, 0.4) is 0 Å². The van der Waals surface area contributed by atoms with Gasteiger partial charge in [0.15, 0.2) is 0 Å². The molecular weight excluding hydrogens is 458 g/mol. The van der Waals surface area contributed by atoms with Crippen LogP contribution in [-0.4, -0.2) is 23.4 Å². The van der Waals surface area contributed by atoms with Crippen LogP contribution < -0.4 is 5.73 Å². The van der Waals surface area contributed by atoms with Gasteiger partial charge < -0.3 is 10.5 Å². The summed E-state index contributed by atoms with van der Waals surface area (Å²) in [5.41, 5.74) is 7.68. The van der Waals surface area contributed by atoms with E-state index in [2.05, 4.69) is 34.3 Å². The third kappa shape index (κ3) is 4.27. The summed E-state index contributed by atoms with van der Waals surface area (Å²) in [4.78, 5) is 24.7. The summed E-state index contributed by atoms with van der Waals surface area (Å²) in [5, 5.41) is 0. The fraction of sp³-hybridized carbons (Fsp3) is 0.879. The van der Waals surface area contributed by atoms with Gasteiger partial charge in [-0.3, -0.25) is 9.59 Å². The Balaban J connectivity index is 0.000000908. The normalized spacial score (nSPS) is 47.3. The molecule has 0 aliphatic heterocycles. The number of fused-ring (bicyclic) bond motifs is 7. The maximum atomic E-state index is 12.9. The SMILES string of the molecule is C.C=CC.CC(=O)OC1CCC2(C)C(CCC3(C)C2CCC2(N)C4CCCC4(C(C)=O)CCC32)C1(C)C. The number of esters is 1. The first-order valence-corrected chi connectivity index (χ1v) is 14.8. The molecule has 5 rings (SSSR count). The van der Waals surface area contributed by atoms with E-state index in [4.69, 9.17) is 10.5 Å². The van der Waals surface area contributed by atoms with Gasteiger partial charge in [-0.15, -0.1) is 6.58 Å². The molecular formula is C33H57NO3. The first-order chi connectivity index (χ1) is 16.7. The van der Waals surface area contributed by atoms with Crippen LogP contribution in [0, 0.1) is 45.3 Å². The van der Waals surface area contributed by atoms with Crippen LogP contribution in [0.4, 0.5) is 0 Å². The third-order valence-electron chi connectivity index (χ3n) is 12.7. The molecule has 0 bridgehead atoms. The molecule has 5 aliphatic rings. The Morgan fingerprint density at radius 3 is 1.95 bits per heavy atom.